The number of aromatic amines is 1. The largest absolute Gasteiger partial charge is 0.275 e. The second kappa shape index (κ2) is 3.99. The monoisotopic (exact) mass is 268 g/mol. The molecule has 0 aliphatic carbocycles. The molecule has 0 bridgehead atoms. The smallest absolute Gasteiger partial charge is 0.234 e. The minimum atomic E-state index is 0.769. The van der Waals surface area contributed by atoms with E-state index in [9.17, 15) is 0 Å². The van der Waals surface area contributed by atoms with Crippen molar-refractivity contribution in [2.75, 3.05) is 0 Å². The summed E-state index contributed by atoms with van der Waals surface area (Å²) >= 11 is 1.47. The van der Waals surface area contributed by atoms with Gasteiger partial charge in [0.15, 0.2) is 5.01 Å². The van der Waals surface area contributed by atoms with Gasteiger partial charge in [0.05, 0.1) is 11.4 Å². The lowest BCUT2D eigenvalue weighted by Crippen LogP contribution is -1.82. The fourth-order valence-electron chi connectivity index (χ4n) is 1.86. The molecule has 0 fully saturated rings. The summed E-state index contributed by atoms with van der Waals surface area (Å²) in [7, 11) is 0. The van der Waals surface area contributed by atoms with Crippen molar-refractivity contribution in [3.05, 3.63) is 42.7 Å². The zero-order valence-corrected chi connectivity index (χ0v) is 10.5. The Hall–Kier alpha value is -2.54. The third kappa shape index (κ3) is 1.71. The van der Waals surface area contributed by atoms with Gasteiger partial charge in [0.25, 0.3) is 0 Å². The normalized spacial score (nSPS) is 11.2. The Kier molecular flexibility index (Phi) is 2.18. The summed E-state index contributed by atoms with van der Waals surface area (Å²) < 4.78 is 1.66. The first-order valence-electron chi connectivity index (χ1n) is 5.68. The molecule has 3 aromatic heterocycles. The molecule has 0 atom stereocenters. The van der Waals surface area contributed by atoms with Crippen molar-refractivity contribution < 1.29 is 0 Å². The predicted octanol–water partition coefficient (Wildman–Crippen LogP) is 2.24. The molecule has 7 heteroatoms. The van der Waals surface area contributed by atoms with Gasteiger partial charge < -0.3 is 0 Å². The van der Waals surface area contributed by atoms with Gasteiger partial charge in [0, 0.05) is 5.56 Å². The molecule has 1 N–H and O–H groups in total. The zero-order valence-electron chi connectivity index (χ0n) is 9.69. The van der Waals surface area contributed by atoms with E-state index in [4.69, 9.17) is 0 Å². The van der Waals surface area contributed by atoms with Gasteiger partial charge in [-0.25, -0.2) is 0 Å². The highest BCUT2D eigenvalue weighted by Crippen LogP contribution is 2.26. The van der Waals surface area contributed by atoms with Crippen molar-refractivity contribution in [1.82, 2.24) is 30.0 Å². The summed E-state index contributed by atoms with van der Waals surface area (Å²) in [6.45, 7) is 0. The van der Waals surface area contributed by atoms with Crippen molar-refractivity contribution in [3.8, 4) is 22.0 Å². The lowest BCUT2D eigenvalue weighted by Gasteiger charge is -1.92. The van der Waals surface area contributed by atoms with E-state index < -0.39 is 0 Å². The molecular weight excluding hydrogens is 260 g/mol. The quantitative estimate of drug-likeness (QED) is 0.605. The van der Waals surface area contributed by atoms with Crippen LogP contribution in [0.5, 0.6) is 0 Å². The predicted molar refractivity (Wildman–Crippen MR) is 71.7 cm³/mol. The maximum Gasteiger partial charge on any atom is 0.234 e. The molecule has 92 valence electrons. The number of nitrogens with one attached hydrogen (secondary N) is 1. The lowest BCUT2D eigenvalue weighted by atomic mass is 10.1. The van der Waals surface area contributed by atoms with Gasteiger partial charge in [-0.3, -0.25) is 5.10 Å². The van der Waals surface area contributed by atoms with Crippen LogP contribution in [0.1, 0.15) is 0 Å². The van der Waals surface area contributed by atoms with Crippen molar-refractivity contribution in [2.45, 2.75) is 0 Å². The molecule has 6 nitrogen and oxygen atoms in total. The molecule has 0 amide bonds. The van der Waals surface area contributed by atoms with E-state index in [0.29, 0.717) is 0 Å². The van der Waals surface area contributed by atoms with Crippen LogP contribution in [0.3, 0.4) is 0 Å². The zero-order chi connectivity index (χ0) is 12.7. The van der Waals surface area contributed by atoms with Crippen LogP contribution in [0.2, 0.25) is 0 Å². The summed E-state index contributed by atoms with van der Waals surface area (Å²) in [6, 6.07) is 12.0. The maximum absolute atomic E-state index is 4.39. The number of rotatable bonds is 2. The number of hydrogen-bond acceptors (Lipinski definition) is 5. The molecule has 0 saturated heterocycles. The van der Waals surface area contributed by atoms with Crippen LogP contribution in [0.4, 0.5) is 0 Å². The molecule has 1 aromatic carbocycles. The minimum absolute atomic E-state index is 0.769. The molecule has 3 heterocycles. The van der Waals surface area contributed by atoms with Crippen molar-refractivity contribution in [3.63, 3.8) is 0 Å². The summed E-state index contributed by atoms with van der Waals surface area (Å²) in [5, 5.41) is 20.3. The highest BCUT2D eigenvalue weighted by molar-refractivity contribution is 7.19. The van der Waals surface area contributed by atoms with E-state index in [-0.39, 0.29) is 0 Å². The first kappa shape index (κ1) is 10.4. The van der Waals surface area contributed by atoms with Crippen LogP contribution in [0, 0.1) is 0 Å². The number of H-pyrrole nitrogens is 1. The molecule has 4 aromatic rings. The number of aromatic nitrogens is 6. The second-order valence-corrected chi connectivity index (χ2v) is 4.95. The van der Waals surface area contributed by atoms with E-state index in [2.05, 4.69) is 25.5 Å². The van der Waals surface area contributed by atoms with E-state index in [1.54, 1.807) is 10.8 Å². The Labute approximate surface area is 111 Å². The van der Waals surface area contributed by atoms with Gasteiger partial charge in [0.2, 0.25) is 4.96 Å². The average molecular weight is 268 g/mol. The lowest BCUT2D eigenvalue weighted by molar-refractivity contribution is 0.953. The fourth-order valence-corrected chi connectivity index (χ4v) is 2.64. The van der Waals surface area contributed by atoms with Crippen LogP contribution in [0.25, 0.3) is 26.9 Å². The Morgan fingerprint density at radius 3 is 2.89 bits per heavy atom. The maximum atomic E-state index is 4.39. The average Bonchev–Trinajstić information content (AvgIpc) is 3.14. The number of fused-ring (bicyclic) bond motifs is 1. The van der Waals surface area contributed by atoms with Gasteiger partial charge in [-0.05, 0) is 6.07 Å². The Balaban J connectivity index is 1.77. The molecule has 0 radical (unpaired) electrons. The second-order valence-electron chi connectivity index (χ2n) is 4.00. The highest BCUT2D eigenvalue weighted by atomic mass is 32.1. The molecule has 0 aliphatic rings. The molecule has 0 aliphatic heterocycles. The van der Waals surface area contributed by atoms with Gasteiger partial charge in [0.1, 0.15) is 6.33 Å². The Morgan fingerprint density at radius 2 is 2.05 bits per heavy atom. The van der Waals surface area contributed by atoms with Gasteiger partial charge >= 0.3 is 0 Å². The fraction of sp³-hybridized carbons (Fsp3) is 0. The summed E-state index contributed by atoms with van der Waals surface area (Å²) in [5.41, 5.74) is 2.86. The first-order valence-corrected chi connectivity index (χ1v) is 6.50. The molecule has 0 saturated carbocycles. The highest BCUT2D eigenvalue weighted by Gasteiger charge is 2.11. The third-order valence-electron chi connectivity index (χ3n) is 2.76. The molecule has 0 unspecified atom stereocenters. The summed E-state index contributed by atoms with van der Waals surface area (Å²) in [5.74, 6) is 0. The van der Waals surface area contributed by atoms with Crippen LogP contribution in [-0.4, -0.2) is 30.0 Å². The van der Waals surface area contributed by atoms with Crippen molar-refractivity contribution >= 4 is 16.3 Å². The van der Waals surface area contributed by atoms with E-state index in [0.717, 1.165) is 26.9 Å². The van der Waals surface area contributed by atoms with Gasteiger partial charge in [-0.15, -0.1) is 10.2 Å². The van der Waals surface area contributed by atoms with Crippen LogP contribution in [-0.2, 0) is 0 Å². The molecule has 0 spiro atoms. The number of nitrogens with zero attached hydrogens (tertiary/aromatic N) is 5. The molecule has 19 heavy (non-hydrogen) atoms. The summed E-state index contributed by atoms with van der Waals surface area (Å²) in [4.78, 5) is 0.769. The van der Waals surface area contributed by atoms with Crippen molar-refractivity contribution in [1.29, 1.82) is 0 Å². The Morgan fingerprint density at radius 1 is 1.16 bits per heavy atom. The first-order chi connectivity index (χ1) is 9.40. The molecule has 4 rings (SSSR count). The van der Waals surface area contributed by atoms with Gasteiger partial charge in [-0.2, -0.15) is 14.7 Å². The van der Waals surface area contributed by atoms with E-state index in [1.807, 2.05) is 36.4 Å². The third-order valence-corrected chi connectivity index (χ3v) is 3.71. The number of benzene rings is 1. The van der Waals surface area contributed by atoms with Gasteiger partial charge in [-0.1, -0.05) is 41.7 Å². The van der Waals surface area contributed by atoms with Crippen LogP contribution in [0.15, 0.2) is 42.7 Å². The standard InChI is InChI=1S/C12H8N6S/c1-2-4-8(5-3-1)9-6-10(15-14-9)11-17-18-7-13-16-12(18)19-11/h1-7H,(H,14,15). The van der Waals surface area contributed by atoms with E-state index in [1.165, 1.54) is 11.3 Å². The van der Waals surface area contributed by atoms with Crippen LogP contribution < -0.4 is 0 Å². The summed E-state index contributed by atoms with van der Waals surface area (Å²) in [6.07, 6.45) is 1.59. The van der Waals surface area contributed by atoms with Crippen LogP contribution >= 0.6 is 11.3 Å². The van der Waals surface area contributed by atoms with Crippen molar-refractivity contribution in [2.24, 2.45) is 0 Å². The topological polar surface area (TPSA) is 71.8 Å². The Bertz CT molecular complexity index is 800. The number of hydrogen-bond donors (Lipinski definition) is 1. The molecular formula is C12H8N6S. The minimum Gasteiger partial charge on any atom is -0.275 e. The van der Waals surface area contributed by atoms with E-state index >= 15 is 0 Å². The SMILES string of the molecule is c1ccc(-c2cc(-c3nn4cnnc4s3)[nH]n2)cc1.